The molecule has 1 fully saturated rings. The molecule has 1 rings (SSSR count). The van der Waals surface area contributed by atoms with Gasteiger partial charge in [0.1, 0.15) is 0 Å². The van der Waals surface area contributed by atoms with Crippen molar-refractivity contribution in [1.82, 2.24) is 4.90 Å². The predicted octanol–water partition coefficient (Wildman–Crippen LogP) is 3.01. The lowest BCUT2D eigenvalue weighted by Crippen LogP contribution is -2.47. The fourth-order valence-corrected chi connectivity index (χ4v) is 3.73. The summed E-state index contributed by atoms with van der Waals surface area (Å²) in [6, 6.07) is 0.727. The van der Waals surface area contributed by atoms with Crippen LogP contribution in [0.4, 0.5) is 0 Å². The van der Waals surface area contributed by atoms with Gasteiger partial charge in [-0.25, -0.2) is 0 Å². The Morgan fingerprint density at radius 1 is 1.40 bits per heavy atom. The van der Waals surface area contributed by atoms with Gasteiger partial charge in [0, 0.05) is 30.1 Å². The van der Waals surface area contributed by atoms with E-state index in [1.54, 1.807) is 0 Å². The van der Waals surface area contributed by atoms with E-state index < -0.39 is 0 Å². The Bertz CT molecular complexity index is 184. The largest absolute Gasteiger partial charge is 0.298 e. The Labute approximate surface area is 105 Å². The maximum atomic E-state index is 4.47. The second-order valence-corrected chi connectivity index (χ2v) is 6.85. The van der Waals surface area contributed by atoms with Crippen molar-refractivity contribution in [3.05, 3.63) is 0 Å². The fraction of sp³-hybridized carbons (Fsp3) is 1.00. The highest BCUT2D eigenvalue weighted by Crippen LogP contribution is 2.26. The summed E-state index contributed by atoms with van der Waals surface area (Å²) in [7, 11) is 0. The van der Waals surface area contributed by atoms with Gasteiger partial charge in [-0.05, 0) is 24.5 Å². The van der Waals surface area contributed by atoms with Gasteiger partial charge in [-0.2, -0.15) is 24.4 Å². The third-order valence-corrected chi connectivity index (χ3v) is 5.47. The molecule has 0 aromatic rings. The minimum atomic E-state index is 0.727. The number of hydrogen-bond donors (Lipinski definition) is 1. The molecule has 1 saturated heterocycles. The van der Waals surface area contributed by atoms with Gasteiger partial charge in [0.25, 0.3) is 0 Å². The van der Waals surface area contributed by atoms with Gasteiger partial charge in [-0.3, -0.25) is 4.90 Å². The molecule has 0 bridgehead atoms. The fourth-order valence-electron chi connectivity index (χ4n) is 2.03. The maximum Gasteiger partial charge on any atom is 0.0184 e. The number of thiol groups is 1. The minimum Gasteiger partial charge on any atom is -0.298 e. The van der Waals surface area contributed by atoms with Crippen molar-refractivity contribution in [3.8, 4) is 0 Å². The van der Waals surface area contributed by atoms with E-state index in [9.17, 15) is 0 Å². The third-order valence-electron chi connectivity index (χ3n) is 3.66. The lowest BCUT2D eigenvalue weighted by molar-refractivity contribution is 0.169. The van der Waals surface area contributed by atoms with Gasteiger partial charge < -0.3 is 0 Å². The summed E-state index contributed by atoms with van der Waals surface area (Å²) >= 11 is 6.59. The SMILES string of the molecule is CC(C)C(CS)CN1CCSC(C)C1C. The summed E-state index contributed by atoms with van der Waals surface area (Å²) in [5.74, 6) is 3.80. The van der Waals surface area contributed by atoms with E-state index in [4.69, 9.17) is 0 Å². The first-order chi connectivity index (χ1) is 7.06. The zero-order chi connectivity index (χ0) is 11.4. The van der Waals surface area contributed by atoms with Gasteiger partial charge in [0.05, 0.1) is 0 Å². The highest BCUT2D eigenvalue weighted by molar-refractivity contribution is 8.00. The molecule has 15 heavy (non-hydrogen) atoms. The van der Waals surface area contributed by atoms with Crippen molar-refractivity contribution in [2.45, 2.75) is 39.0 Å². The molecule has 1 aliphatic rings. The van der Waals surface area contributed by atoms with E-state index in [-0.39, 0.29) is 0 Å². The second-order valence-electron chi connectivity index (χ2n) is 5.00. The highest BCUT2D eigenvalue weighted by Gasteiger charge is 2.27. The van der Waals surface area contributed by atoms with Crippen LogP contribution >= 0.6 is 24.4 Å². The lowest BCUT2D eigenvalue weighted by atomic mass is 9.96. The molecule has 0 aliphatic carbocycles. The number of rotatable bonds is 4. The number of nitrogens with zero attached hydrogens (tertiary/aromatic N) is 1. The Kier molecular flexibility index (Phi) is 5.86. The van der Waals surface area contributed by atoms with E-state index >= 15 is 0 Å². The molecule has 0 aromatic heterocycles. The average molecular weight is 247 g/mol. The monoisotopic (exact) mass is 247 g/mol. The summed E-state index contributed by atoms with van der Waals surface area (Å²) < 4.78 is 0. The molecular weight excluding hydrogens is 222 g/mol. The van der Waals surface area contributed by atoms with Crippen molar-refractivity contribution in [3.63, 3.8) is 0 Å². The highest BCUT2D eigenvalue weighted by atomic mass is 32.2. The topological polar surface area (TPSA) is 3.24 Å². The minimum absolute atomic E-state index is 0.727. The molecule has 0 amide bonds. The van der Waals surface area contributed by atoms with Crippen LogP contribution in [-0.2, 0) is 0 Å². The normalized spacial score (nSPS) is 30.8. The maximum absolute atomic E-state index is 4.47. The van der Waals surface area contributed by atoms with Crippen LogP contribution in [-0.4, -0.2) is 40.8 Å². The van der Waals surface area contributed by atoms with E-state index in [1.165, 1.54) is 18.8 Å². The average Bonchev–Trinajstić information content (AvgIpc) is 2.19. The van der Waals surface area contributed by atoms with Crippen molar-refractivity contribution in [2.24, 2.45) is 11.8 Å². The van der Waals surface area contributed by atoms with E-state index in [0.29, 0.717) is 0 Å². The van der Waals surface area contributed by atoms with Gasteiger partial charge >= 0.3 is 0 Å². The molecule has 90 valence electrons. The summed E-state index contributed by atoms with van der Waals surface area (Å²) in [5.41, 5.74) is 0. The second kappa shape index (κ2) is 6.41. The smallest absolute Gasteiger partial charge is 0.0184 e. The van der Waals surface area contributed by atoms with Crippen LogP contribution in [0, 0.1) is 11.8 Å². The summed E-state index contributed by atoms with van der Waals surface area (Å²) in [6.45, 7) is 11.8. The van der Waals surface area contributed by atoms with Gasteiger partial charge in [-0.15, -0.1) is 0 Å². The molecule has 3 unspecified atom stereocenters. The van der Waals surface area contributed by atoms with Crippen LogP contribution in [0.1, 0.15) is 27.7 Å². The molecule has 3 atom stereocenters. The van der Waals surface area contributed by atoms with Crippen LogP contribution in [0.2, 0.25) is 0 Å². The van der Waals surface area contributed by atoms with Crippen molar-refractivity contribution >= 4 is 24.4 Å². The molecule has 1 heterocycles. The van der Waals surface area contributed by atoms with E-state index in [0.717, 1.165) is 28.9 Å². The summed E-state index contributed by atoms with van der Waals surface area (Å²) in [4.78, 5) is 2.65. The van der Waals surface area contributed by atoms with Crippen LogP contribution in [0.25, 0.3) is 0 Å². The molecule has 1 nitrogen and oxygen atoms in total. The standard InChI is InChI=1S/C12H25NS2/c1-9(2)12(8-14)7-13-5-6-15-11(4)10(13)3/h9-12,14H,5-8H2,1-4H3. The molecule has 1 aliphatic heterocycles. The number of thioether (sulfide) groups is 1. The third kappa shape index (κ3) is 3.86. The summed E-state index contributed by atoms with van der Waals surface area (Å²) in [6.07, 6.45) is 0. The molecule has 0 saturated carbocycles. The van der Waals surface area contributed by atoms with Gasteiger partial charge in [0.15, 0.2) is 0 Å². The first-order valence-electron chi connectivity index (χ1n) is 6.02. The Morgan fingerprint density at radius 3 is 2.60 bits per heavy atom. The van der Waals surface area contributed by atoms with Gasteiger partial charge in [0.2, 0.25) is 0 Å². The molecule has 0 aromatic carbocycles. The van der Waals surface area contributed by atoms with Crippen LogP contribution in [0.15, 0.2) is 0 Å². The van der Waals surface area contributed by atoms with Crippen molar-refractivity contribution in [1.29, 1.82) is 0 Å². The molecular formula is C12H25NS2. The lowest BCUT2D eigenvalue weighted by Gasteiger charge is -2.40. The predicted molar refractivity (Wildman–Crippen MR) is 75.1 cm³/mol. The first-order valence-corrected chi connectivity index (χ1v) is 7.71. The summed E-state index contributed by atoms with van der Waals surface area (Å²) in [5, 5.41) is 0.784. The van der Waals surface area contributed by atoms with Crippen molar-refractivity contribution in [2.75, 3.05) is 24.6 Å². The molecule has 0 spiro atoms. The van der Waals surface area contributed by atoms with Crippen LogP contribution in [0.3, 0.4) is 0 Å². The Morgan fingerprint density at radius 2 is 2.07 bits per heavy atom. The van der Waals surface area contributed by atoms with E-state index in [1.807, 2.05) is 0 Å². The molecule has 0 radical (unpaired) electrons. The molecule has 0 N–H and O–H groups in total. The van der Waals surface area contributed by atoms with Crippen LogP contribution < -0.4 is 0 Å². The quantitative estimate of drug-likeness (QED) is 0.761. The number of hydrogen-bond acceptors (Lipinski definition) is 3. The van der Waals surface area contributed by atoms with E-state index in [2.05, 4.69) is 57.0 Å². The zero-order valence-corrected chi connectivity index (χ0v) is 12.2. The van der Waals surface area contributed by atoms with Gasteiger partial charge in [-0.1, -0.05) is 20.8 Å². The first kappa shape index (κ1) is 13.7. The van der Waals surface area contributed by atoms with Crippen molar-refractivity contribution < 1.29 is 0 Å². The zero-order valence-electron chi connectivity index (χ0n) is 10.4. The Balaban J connectivity index is 2.48. The molecule has 3 heteroatoms. The Hall–Kier alpha value is 0.660. The van der Waals surface area contributed by atoms with Crippen LogP contribution in [0.5, 0.6) is 0 Å².